The maximum atomic E-state index is 4.93. The molecule has 0 spiro atoms. The van der Waals surface area contributed by atoms with Gasteiger partial charge in [-0.2, -0.15) is 0 Å². The van der Waals surface area contributed by atoms with Crippen LogP contribution in [0.5, 0.6) is 0 Å². The van der Waals surface area contributed by atoms with Crippen molar-refractivity contribution < 1.29 is 0 Å². The normalized spacial score (nSPS) is 12.0. The zero-order chi connectivity index (χ0) is 21.6. The molecule has 0 aliphatic carbocycles. The van der Waals surface area contributed by atoms with Crippen LogP contribution in [0, 0.1) is 0 Å². The summed E-state index contributed by atoms with van der Waals surface area (Å²) in [5.74, 6) is 0. The van der Waals surface area contributed by atoms with Gasteiger partial charge in [-0.15, -0.1) is 0 Å². The van der Waals surface area contributed by atoms with Crippen LogP contribution in [-0.4, -0.2) is 17.6 Å². The van der Waals surface area contributed by atoms with Gasteiger partial charge in [0.25, 0.3) is 0 Å². The second-order valence-corrected chi connectivity index (χ2v) is 14.3. The minimum atomic E-state index is -1.57. The summed E-state index contributed by atoms with van der Waals surface area (Å²) in [6.45, 7) is 10.4. The predicted molar refractivity (Wildman–Crippen MR) is 137 cm³/mol. The Balaban J connectivity index is 1.71. The highest BCUT2D eigenvalue weighted by Gasteiger charge is 2.22. The molecule has 5 rings (SSSR count). The fourth-order valence-electron chi connectivity index (χ4n) is 4.64. The van der Waals surface area contributed by atoms with E-state index in [0.29, 0.717) is 0 Å². The molecule has 0 unspecified atom stereocenters. The summed E-state index contributed by atoms with van der Waals surface area (Å²) < 4.78 is 2.40. The summed E-state index contributed by atoms with van der Waals surface area (Å²) in [6, 6.07) is 28.5. The van der Waals surface area contributed by atoms with E-state index in [9.17, 15) is 0 Å². The van der Waals surface area contributed by atoms with Gasteiger partial charge in [0.1, 0.15) is 0 Å². The Morgan fingerprint density at radius 2 is 1.45 bits per heavy atom. The van der Waals surface area contributed by atoms with E-state index >= 15 is 0 Å². The molecular weight excluding hydrogens is 392 g/mol. The zero-order valence-electron chi connectivity index (χ0n) is 18.7. The van der Waals surface area contributed by atoms with Crippen molar-refractivity contribution in [3.05, 3.63) is 85.1 Å². The third-order valence-electron chi connectivity index (χ3n) is 6.18. The maximum Gasteiger partial charge on any atom is 0.0785 e. The molecule has 31 heavy (non-hydrogen) atoms. The van der Waals surface area contributed by atoms with Crippen molar-refractivity contribution in [3.8, 4) is 22.4 Å². The molecule has 154 valence electrons. The Hall–Kier alpha value is -3.17. The molecule has 0 bridgehead atoms. The van der Waals surface area contributed by atoms with Gasteiger partial charge < -0.3 is 4.57 Å². The first kappa shape index (κ1) is 19.8. The van der Waals surface area contributed by atoms with Gasteiger partial charge in [0.05, 0.1) is 13.8 Å². The highest BCUT2D eigenvalue weighted by molar-refractivity contribution is 6.89. The van der Waals surface area contributed by atoms with Gasteiger partial charge in [-0.05, 0) is 47.5 Å². The van der Waals surface area contributed by atoms with Crippen molar-refractivity contribution in [1.82, 2.24) is 9.55 Å². The third-order valence-corrected chi connectivity index (χ3v) is 8.21. The molecule has 0 aliphatic rings. The summed E-state index contributed by atoms with van der Waals surface area (Å²) in [5.41, 5.74) is 7.36. The first-order chi connectivity index (χ1) is 15.0. The number of para-hydroxylation sites is 1. The Morgan fingerprint density at radius 3 is 2.19 bits per heavy atom. The number of hydrogen-bond acceptors (Lipinski definition) is 1. The minimum absolute atomic E-state index is 0.965. The van der Waals surface area contributed by atoms with Crippen LogP contribution in [0.3, 0.4) is 0 Å². The monoisotopic (exact) mass is 420 g/mol. The molecule has 2 nitrogen and oxygen atoms in total. The van der Waals surface area contributed by atoms with Gasteiger partial charge in [-0.25, -0.2) is 0 Å². The first-order valence-electron chi connectivity index (χ1n) is 11.0. The van der Waals surface area contributed by atoms with Gasteiger partial charge in [0.15, 0.2) is 0 Å². The second kappa shape index (κ2) is 7.51. The van der Waals surface area contributed by atoms with E-state index in [4.69, 9.17) is 4.98 Å². The Bertz CT molecular complexity index is 1390. The van der Waals surface area contributed by atoms with Crippen molar-refractivity contribution in [1.29, 1.82) is 0 Å². The molecule has 0 saturated heterocycles. The van der Waals surface area contributed by atoms with Crippen LogP contribution < -0.4 is 5.19 Å². The standard InChI is InChI=1S/C28H28N2Si/c1-5-30-26-14-10-9-13-22(26)23-17-21(15-16-27(23)30)25-18-28(31(2,3)4)24(19-29-25)20-11-7-6-8-12-20/h6-19H,5H2,1-4H3. The summed E-state index contributed by atoms with van der Waals surface area (Å²) in [4.78, 5) is 4.93. The molecule has 0 N–H and O–H groups in total. The molecule has 5 aromatic rings. The van der Waals surface area contributed by atoms with Gasteiger partial charge >= 0.3 is 0 Å². The van der Waals surface area contributed by atoms with E-state index in [0.717, 1.165) is 12.2 Å². The average molecular weight is 421 g/mol. The molecule has 0 aliphatic heterocycles. The quantitative estimate of drug-likeness (QED) is 0.284. The SMILES string of the molecule is CCn1c2ccccc2c2cc(-c3cc([Si](C)(C)C)c(-c4ccccc4)cn3)ccc21. The van der Waals surface area contributed by atoms with Crippen LogP contribution in [0.4, 0.5) is 0 Å². The molecule has 0 fully saturated rings. The van der Waals surface area contributed by atoms with Crippen molar-refractivity contribution >= 4 is 35.1 Å². The largest absolute Gasteiger partial charge is 0.341 e. The lowest BCUT2D eigenvalue weighted by Gasteiger charge is -2.22. The molecular formula is C28H28N2Si. The van der Waals surface area contributed by atoms with Gasteiger partial charge in [0, 0.05) is 40.1 Å². The van der Waals surface area contributed by atoms with E-state index in [2.05, 4.69) is 116 Å². The van der Waals surface area contributed by atoms with Crippen LogP contribution in [0.1, 0.15) is 6.92 Å². The van der Waals surface area contributed by atoms with Crippen LogP contribution in [0.25, 0.3) is 44.2 Å². The topological polar surface area (TPSA) is 17.8 Å². The number of aromatic nitrogens is 2. The van der Waals surface area contributed by atoms with Crippen molar-refractivity contribution in [2.45, 2.75) is 33.1 Å². The molecule has 0 radical (unpaired) electrons. The van der Waals surface area contributed by atoms with E-state index in [-0.39, 0.29) is 0 Å². The molecule has 3 heteroatoms. The summed E-state index contributed by atoms with van der Waals surface area (Å²) in [7, 11) is -1.57. The number of pyridine rings is 1. The molecule has 0 amide bonds. The molecule has 2 aromatic heterocycles. The third kappa shape index (κ3) is 3.39. The van der Waals surface area contributed by atoms with Crippen molar-refractivity contribution in [2.24, 2.45) is 0 Å². The van der Waals surface area contributed by atoms with Crippen LogP contribution in [0.2, 0.25) is 19.6 Å². The smallest absolute Gasteiger partial charge is 0.0785 e. The number of rotatable bonds is 4. The maximum absolute atomic E-state index is 4.93. The second-order valence-electron chi connectivity index (χ2n) is 9.22. The van der Waals surface area contributed by atoms with E-state index < -0.39 is 8.07 Å². The highest BCUT2D eigenvalue weighted by Crippen LogP contribution is 2.32. The highest BCUT2D eigenvalue weighted by atomic mass is 28.3. The molecule has 2 heterocycles. The molecule has 3 aromatic carbocycles. The van der Waals surface area contributed by atoms with E-state index in [1.807, 2.05) is 0 Å². The number of nitrogens with zero attached hydrogens (tertiary/aromatic N) is 2. The zero-order valence-corrected chi connectivity index (χ0v) is 19.7. The van der Waals surface area contributed by atoms with Crippen molar-refractivity contribution in [3.63, 3.8) is 0 Å². The van der Waals surface area contributed by atoms with E-state index in [1.165, 1.54) is 43.7 Å². The molecule has 0 atom stereocenters. The lowest BCUT2D eigenvalue weighted by molar-refractivity contribution is 0.827. The average Bonchev–Trinajstić information content (AvgIpc) is 3.11. The number of aryl methyl sites for hydroxylation is 1. The van der Waals surface area contributed by atoms with Crippen molar-refractivity contribution in [2.75, 3.05) is 0 Å². The van der Waals surface area contributed by atoms with Crippen LogP contribution >= 0.6 is 0 Å². The minimum Gasteiger partial charge on any atom is -0.341 e. The van der Waals surface area contributed by atoms with Crippen LogP contribution in [0.15, 0.2) is 85.1 Å². The van der Waals surface area contributed by atoms with E-state index in [1.54, 1.807) is 0 Å². The fraction of sp³-hybridized carbons (Fsp3) is 0.179. The number of hydrogen-bond donors (Lipinski definition) is 0. The Kier molecular flexibility index (Phi) is 4.79. The molecule has 0 saturated carbocycles. The Labute approximate surface area is 185 Å². The Morgan fingerprint density at radius 1 is 0.742 bits per heavy atom. The number of fused-ring (bicyclic) bond motifs is 3. The summed E-state index contributed by atoms with van der Waals surface area (Å²) in [5, 5.41) is 4.07. The predicted octanol–water partition coefficient (Wildman–Crippen LogP) is 7.09. The lowest BCUT2D eigenvalue weighted by atomic mass is 10.0. The number of benzene rings is 3. The first-order valence-corrected chi connectivity index (χ1v) is 14.5. The lowest BCUT2D eigenvalue weighted by Crippen LogP contribution is -2.39. The van der Waals surface area contributed by atoms with Gasteiger partial charge in [-0.1, -0.05) is 74.2 Å². The van der Waals surface area contributed by atoms with Gasteiger partial charge in [-0.3, -0.25) is 4.98 Å². The van der Waals surface area contributed by atoms with Gasteiger partial charge in [0.2, 0.25) is 0 Å². The van der Waals surface area contributed by atoms with Crippen LogP contribution in [-0.2, 0) is 6.54 Å². The fourth-order valence-corrected chi connectivity index (χ4v) is 6.22. The summed E-state index contributed by atoms with van der Waals surface area (Å²) in [6.07, 6.45) is 2.08. The summed E-state index contributed by atoms with van der Waals surface area (Å²) >= 11 is 0.